The maximum Gasteiger partial charge on any atom is 0.228 e. The molecular formula is C23H24N6O. The molecule has 30 heavy (non-hydrogen) atoms. The first-order valence-corrected chi connectivity index (χ1v) is 10.6. The standard InChI is InChI=1S/C23H24N6O/c1-3-17(4-2-15(1)16-5-8-24-9-6-16)26-22-20-14-30-10-7-21(20)27-23(28-22)29-18-11-19(29)13-25-12-18/h1-6,8-9,18-19,25H,7,10-14H2,(H,26,27,28). The van der Waals surface area contributed by atoms with E-state index in [9.17, 15) is 0 Å². The molecule has 152 valence electrons. The summed E-state index contributed by atoms with van der Waals surface area (Å²) >= 11 is 0. The molecule has 2 saturated heterocycles. The Morgan fingerprint density at radius 2 is 1.73 bits per heavy atom. The molecular weight excluding hydrogens is 376 g/mol. The molecule has 3 aliphatic rings. The van der Waals surface area contributed by atoms with Crippen LogP contribution in [0.1, 0.15) is 17.7 Å². The molecule has 0 amide bonds. The van der Waals surface area contributed by atoms with Gasteiger partial charge in [0, 0.05) is 55.2 Å². The third-order valence-electron chi connectivity index (χ3n) is 6.29. The highest BCUT2D eigenvalue weighted by Crippen LogP contribution is 2.35. The number of ether oxygens (including phenoxy) is 1. The number of benzene rings is 1. The van der Waals surface area contributed by atoms with Crippen molar-refractivity contribution < 1.29 is 4.74 Å². The van der Waals surface area contributed by atoms with E-state index >= 15 is 0 Å². The zero-order valence-electron chi connectivity index (χ0n) is 16.7. The number of nitrogens with one attached hydrogen (secondary N) is 2. The highest BCUT2D eigenvalue weighted by molar-refractivity contribution is 5.68. The van der Waals surface area contributed by atoms with Gasteiger partial charge >= 0.3 is 0 Å². The molecule has 2 unspecified atom stereocenters. The molecule has 0 saturated carbocycles. The molecule has 5 heterocycles. The van der Waals surface area contributed by atoms with E-state index in [0.717, 1.165) is 66.0 Å². The molecule has 2 atom stereocenters. The van der Waals surface area contributed by atoms with Gasteiger partial charge in [-0.3, -0.25) is 4.98 Å². The molecule has 2 bridgehead atoms. The topological polar surface area (TPSA) is 75.2 Å². The molecule has 2 aromatic heterocycles. The second-order valence-electron chi connectivity index (χ2n) is 8.15. The van der Waals surface area contributed by atoms with Crippen LogP contribution in [0.15, 0.2) is 48.8 Å². The summed E-state index contributed by atoms with van der Waals surface area (Å²) in [4.78, 5) is 16.4. The van der Waals surface area contributed by atoms with Crippen LogP contribution in [-0.4, -0.2) is 46.7 Å². The fourth-order valence-corrected chi connectivity index (χ4v) is 4.67. The van der Waals surface area contributed by atoms with Gasteiger partial charge in [-0.2, -0.15) is 4.98 Å². The minimum atomic E-state index is 0.508. The zero-order chi connectivity index (χ0) is 19.9. The van der Waals surface area contributed by atoms with E-state index in [1.807, 2.05) is 24.5 Å². The van der Waals surface area contributed by atoms with Crippen LogP contribution in [0.3, 0.4) is 0 Å². The highest BCUT2D eigenvalue weighted by Gasteiger charge is 2.43. The number of nitrogens with zero attached hydrogens (tertiary/aromatic N) is 4. The van der Waals surface area contributed by atoms with Crippen molar-refractivity contribution in [3.63, 3.8) is 0 Å². The molecule has 3 aliphatic heterocycles. The molecule has 7 nitrogen and oxygen atoms in total. The summed E-state index contributed by atoms with van der Waals surface area (Å²) in [5, 5.41) is 7.02. The van der Waals surface area contributed by atoms with Crippen LogP contribution in [0, 0.1) is 0 Å². The van der Waals surface area contributed by atoms with E-state index in [1.54, 1.807) is 0 Å². The fraction of sp³-hybridized carbons (Fsp3) is 0.348. The van der Waals surface area contributed by atoms with Gasteiger partial charge in [-0.05, 0) is 41.8 Å². The lowest BCUT2D eigenvalue weighted by Gasteiger charge is -2.53. The van der Waals surface area contributed by atoms with Crippen LogP contribution in [-0.2, 0) is 17.8 Å². The quantitative estimate of drug-likeness (QED) is 0.697. The maximum absolute atomic E-state index is 5.72. The molecule has 2 N–H and O–H groups in total. The average molecular weight is 400 g/mol. The number of fused-ring (bicyclic) bond motifs is 3. The molecule has 7 heteroatoms. The van der Waals surface area contributed by atoms with Crippen molar-refractivity contribution in [3.8, 4) is 11.1 Å². The lowest BCUT2D eigenvalue weighted by Crippen LogP contribution is -2.68. The van der Waals surface area contributed by atoms with Gasteiger partial charge in [-0.1, -0.05) is 12.1 Å². The number of pyridine rings is 1. The predicted octanol–water partition coefficient (Wildman–Crippen LogP) is 2.91. The largest absolute Gasteiger partial charge is 0.376 e. The first kappa shape index (κ1) is 17.8. The van der Waals surface area contributed by atoms with E-state index in [4.69, 9.17) is 14.7 Å². The summed E-state index contributed by atoms with van der Waals surface area (Å²) in [6.45, 7) is 3.30. The second kappa shape index (κ2) is 7.34. The monoisotopic (exact) mass is 400 g/mol. The Hall–Kier alpha value is -3.03. The Bertz CT molecular complexity index is 1040. The lowest BCUT2D eigenvalue weighted by atomic mass is 9.89. The van der Waals surface area contributed by atoms with Gasteiger partial charge in [-0.15, -0.1) is 0 Å². The van der Waals surface area contributed by atoms with Gasteiger partial charge in [0.25, 0.3) is 0 Å². The second-order valence-corrected chi connectivity index (χ2v) is 8.15. The first-order chi connectivity index (χ1) is 14.8. The number of piperidine rings is 1. The van der Waals surface area contributed by atoms with Crippen molar-refractivity contribution in [2.24, 2.45) is 0 Å². The summed E-state index contributed by atoms with van der Waals surface area (Å²) < 4.78 is 5.72. The minimum absolute atomic E-state index is 0.508. The molecule has 6 rings (SSSR count). The van der Waals surface area contributed by atoms with Crippen molar-refractivity contribution >= 4 is 17.5 Å². The number of aromatic nitrogens is 3. The number of rotatable bonds is 4. The van der Waals surface area contributed by atoms with E-state index in [2.05, 4.69) is 44.8 Å². The third kappa shape index (κ3) is 3.11. The first-order valence-electron chi connectivity index (χ1n) is 10.6. The number of hydrogen-bond donors (Lipinski definition) is 2. The zero-order valence-corrected chi connectivity index (χ0v) is 16.7. The molecule has 0 aliphatic carbocycles. The Balaban J connectivity index is 1.31. The van der Waals surface area contributed by atoms with Crippen LogP contribution in [0.2, 0.25) is 0 Å². The number of piperazine rings is 1. The van der Waals surface area contributed by atoms with E-state index in [-0.39, 0.29) is 0 Å². The average Bonchev–Trinajstić information content (AvgIpc) is 2.81. The Morgan fingerprint density at radius 1 is 0.967 bits per heavy atom. The number of hydrogen-bond acceptors (Lipinski definition) is 7. The molecule has 2 fully saturated rings. The fourth-order valence-electron chi connectivity index (χ4n) is 4.67. The Morgan fingerprint density at radius 3 is 2.50 bits per heavy atom. The molecule has 3 aromatic rings. The van der Waals surface area contributed by atoms with Crippen molar-refractivity contribution in [2.45, 2.75) is 31.5 Å². The van der Waals surface area contributed by atoms with Gasteiger partial charge in [0.05, 0.1) is 18.9 Å². The van der Waals surface area contributed by atoms with Gasteiger partial charge in [0.2, 0.25) is 5.95 Å². The summed E-state index contributed by atoms with van der Waals surface area (Å²) in [6, 6.07) is 13.5. The lowest BCUT2D eigenvalue weighted by molar-refractivity contribution is 0.109. The SMILES string of the molecule is c1cc(-c2ccc(Nc3nc(N4C5CNCC4C5)nc4c3COCC4)cc2)ccn1. The number of anilines is 3. The van der Waals surface area contributed by atoms with Gasteiger partial charge < -0.3 is 20.3 Å². The van der Waals surface area contributed by atoms with E-state index in [0.29, 0.717) is 18.7 Å². The van der Waals surface area contributed by atoms with Crippen molar-refractivity contribution in [3.05, 3.63) is 60.0 Å². The molecule has 0 radical (unpaired) electrons. The van der Waals surface area contributed by atoms with Crippen LogP contribution in [0.5, 0.6) is 0 Å². The molecule has 1 aromatic carbocycles. The van der Waals surface area contributed by atoms with Crippen LogP contribution < -0.4 is 15.5 Å². The highest BCUT2D eigenvalue weighted by atomic mass is 16.5. The minimum Gasteiger partial charge on any atom is -0.376 e. The summed E-state index contributed by atoms with van der Waals surface area (Å²) in [6.07, 6.45) is 5.70. The normalized spacial score (nSPS) is 22.2. The third-order valence-corrected chi connectivity index (χ3v) is 6.29. The summed E-state index contributed by atoms with van der Waals surface area (Å²) in [5.74, 6) is 1.72. The van der Waals surface area contributed by atoms with Crippen LogP contribution >= 0.6 is 0 Å². The van der Waals surface area contributed by atoms with Gasteiger partial charge in [0.1, 0.15) is 5.82 Å². The van der Waals surface area contributed by atoms with E-state index < -0.39 is 0 Å². The predicted molar refractivity (Wildman–Crippen MR) is 116 cm³/mol. The van der Waals surface area contributed by atoms with Crippen molar-refractivity contribution in [2.75, 3.05) is 29.9 Å². The summed E-state index contributed by atoms with van der Waals surface area (Å²) in [7, 11) is 0. The molecule has 0 spiro atoms. The Labute approximate surface area is 175 Å². The van der Waals surface area contributed by atoms with Crippen molar-refractivity contribution in [1.82, 2.24) is 20.3 Å². The van der Waals surface area contributed by atoms with Crippen molar-refractivity contribution in [1.29, 1.82) is 0 Å². The van der Waals surface area contributed by atoms with E-state index in [1.165, 1.54) is 6.42 Å². The maximum atomic E-state index is 5.72. The van der Waals surface area contributed by atoms with Crippen LogP contribution in [0.25, 0.3) is 11.1 Å². The summed E-state index contributed by atoms with van der Waals surface area (Å²) in [5.41, 5.74) is 5.52. The van der Waals surface area contributed by atoms with Gasteiger partial charge in [-0.25, -0.2) is 4.98 Å². The Kier molecular flexibility index (Phi) is 4.35. The smallest absolute Gasteiger partial charge is 0.228 e. The van der Waals surface area contributed by atoms with Gasteiger partial charge in [0.15, 0.2) is 0 Å². The van der Waals surface area contributed by atoms with Crippen LogP contribution in [0.4, 0.5) is 17.5 Å².